The van der Waals surface area contributed by atoms with Crippen LogP contribution in [0.2, 0.25) is 0 Å². The molecule has 1 N–H and O–H groups in total. The van der Waals surface area contributed by atoms with E-state index in [9.17, 15) is 9.90 Å². The lowest BCUT2D eigenvalue weighted by molar-refractivity contribution is -0.219. The monoisotopic (exact) mass is 472 g/mol. The SMILES string of the molecule is CC(=O)OC1O[C@H]2C[C@@H](C)[C@](C)([C@@H]3C[C@H]4CCO[C@H]4O3)[C@H]3CCC[C@]1(Br)[C@]23CO. The Labute approximate surface area is 181 Å². The smallest absolute Gasteiger partial charge is 0.304 e. The summed E-state index contributed by atoms with van der Waals surface area (Å²) >= 11 is 3.99. The fourth-order valence-electron chi connectivity index (χ4n) is 7.64. The molecule has 10 atom stereocenters. The normalized spacial score (nSPS) is 56.1. The highest BCUT2D eigenvalue weighted by molar-refractivity contribution is 9.10. The molecule has 0 aromatic carbocycles. The zero-order valence-electron chi connectivity index (χ0n) is 17.6. The van der Waals surface area contributed by atoms with Crippen molar-refractivity contribution in [3.63, 3.8) is 0 Å². The van der Waals surface area contributed by atoms with Crippen LogP contribution in [0.3, 0.4) is 0 Å². The molecule has 6 nitrogen and oxygen atoms in total. The van der Waals surface area contributed by atoms with Crippen LogP contribution in [0.4, 0.5) is 0 Å². The van der Waals surface area contributed by atoms with E-state index in [1.54, 1.807) is 0 Å². The molecule has 0 aromatic heterocycles. The molecule has 3 saturated heterocycles. The third-order valence-electron chi connectivity index (χ3n) is 9.24. The minimum absolute atomic E-state index is 0.0176. The fourth-order valence-corrected chi connectivity index (χ4v) is 8.78. The average molecular weight is 473 g/mol. The van der Waals surface area contributed by atoms with E-state index in [-0.39, 0.29) is 42.4 Å². The predicted molar refractivity (Wildman–Crippen MR) is 108 cm³/mol. The van der Waals surface area contributed by atoms with E-state index in [1.807, 2.05) is 0 Å². The fraction of sp³-hybridized carbons (Fsp3) is 0.955. The van der Waals surface area contributed by atoms with E-state index in [2.05, 4.69) is 29.8 Å². The van der Waals surface area contributed by atoms with Gasteiger partial charge in [0.15, 0.2) is 6.29 Å². The highest BCUT2D eigenvalue weighted by atomic mass is 79.9. The van der Waals surface area contributed by atoms with Crippen LogP contribution in [-0.2, 0) is 23.7 Å². The second-order valence-corrected chi connectivity index (χ2v) is 11.6. The minimum Gasteiger partial charge on any atom is -0.434 e. The number of hydrogen-bond donors (Lipinski definition) is 1. The van der Waals surface area contributed by atoms with Gasteiger partial charge in [-0.25, -0.2) is 0 Å². The third-order valence-corrected chi connectivity index (χ3v) is 10.8. The highest BCUT2D eigenvalue weighted by Crippen LogP contribution is 2.72. The van der Waals surface area contributed by atoms with Crippen molar-refractivity contribution in [2.45, 2.75) is 88.4 Å². The molecule has 3 heterocycles. The summed E-state index contributed by atoms with van der Waals surface area (Å²) < 4.78 is 23.8. The molecule has 1 unspecified atom stereocenters. The van der Waals surface area contributed by atoms with Crippen LogP contribution >= 0.6 is 15.9 Å². The van der Waals surface area contributed by atoms with Crippen LogP contribution in [-0.4, -0.2) is 53.4 Å². The summed E-state index contributed by atoms with van der Waals surface area (Å²) in [4.78, 5) is 11.8. The molecule has 5 rings (SSSR count). The molecule has 0 spiro atoms. The van der Waals surface area contributed by atoms with Crippen LogP contribution < -0.4 is 0 Å². The second-order valence-electron chi connectivity index (χ2n) is 10.2. The van der Waals surface area contributed by atoms with Crippen molar-refractivity contribution in [1.82, 2.24) is 0 Å². The number of esters is 1. The maximum atomic E-state index is 11.8. The zero-order valence-corrected chi connectivity index (χ0v) is 19.2. The Morgan fingerprint density at radius 1 is 1.24 bits per heavy atom. The molecule has 0 aromatic rings. The van der Waals surface area contributed by atoms with Crippen LogP contribution in [0.1, 0.15) is 59.3 Å². The zero-order chi connectivity index (χ0) is 20.6. The van der Waals surface area contributed by atoms with Crippen molar-refractivity contribution in [2.75, 3.05) is 13.2 Å². The summed E-state index contributed by atoms with van der Waals surface area (Å²) in [5.41, 5.74) is -0.588. The maximum Gasteiger partial charge on any atom is 0.304 e. The van der Waals surface area contributed by atoms with Crippen molar-refractivity contribution in [3.05, 3.63) is 0 Å². The number of aliphatic hydroxyl groups excluding tert-OH is 1. The van der Waals surface area contributed by atoms with Gasteiger partial charge < -0.3 is 24.1 Å². The van der Waals surface area contributed by atoms with Gasteiger partial charge in [-0.2, -0.15) is 0 Å². The molecular weight excluding hydrogens is 440 g/mol. The molecule has 3 aliphatic heterocycles. The van der Waals surface area contributed by atoms with Gasteiger partial charge in [0.25, 0.3) is 0 Å². The van der Waals surface area contributed by atoms with Crippen LogP contribution in [0, 0.1) is 28.6 Å². The molecular formula is C22H33BrO6. The Morgan fingerprint density at radius 2 is 2.03 bits per heavy atom. The number of carbonyl (C=O) groups is 1. The van der Waals surface area contributed by atoms with Crippen molar-refractivity contribution < 1.29 is 28.8 Å². The molecule has 2 saturated carbocycles. The number of hydrogen-bond acceptors (Lipinski definition) is 6. The quantitative estimate of drug-likeness (QED) is 0.501. The first kappa shape index (κ1) is 20.7. The number of alkyl halides is 1. The lowest BCUT2D eigenvalue weighted by Gasteiger charge is -2.63. The lowest BCUT2D eigenvalue weighted by Crippen LogP contribution is -2.67. The van der Waals surface area contributed by atoms with Gasteiger partial charge in [-0.15, -0.1) is 0 Å². The Bertz CT molecular complexity index is 676. The molecule has 0 bridgehead atoms. The van der Waals surface area contributed by atoms with E-state index < -0.39 is 16.0 Å². The Kier molecular flexibility index (Phi) is 4.92. The summed E-state index contributed by atoms with van der Waals surface area (Å²) in [7, 11) is 0. The molecule has 5 fully saturated rings. The van der Waals surface area contributed by atoms with Gasteiger partial charge >= 0.3 is 5.97 Å². The molecule has 5 aliphatic rings. The number of aliphatic hydroxyl groups is 1. The van der Waals surface area contributed by atoms with Gasteiger partial charge in [0.2, 0.25) is 6.29 Å². The van der Waals surface area contributed by atoms with E-state index in [4.69, 9.17) is 18.9 Å². The van der Waals surface area contributed by atoms with Crippen LogP contribution in [0.5, 0.6) is 0 Å². The molecule has 7 heteroatoms. The Morgan fingerprint density at radius 3 is 2.72 bits per heavy atom. The van der Waals surface area contributed by atoms with Gasteiger partial charge in [-0.1, -0.05) is 36.2 Å². The van der Waals surface area contributed by atoms with Gasteiger partial charge in [-0.3, -0.25) is 4.79 Å². The lowest BCUT2D eigenvalue weighted by atomic mass is 9.43. The first-order valence-electron chi connectivity index (χ1n) is 11.2. The molecule has 0 amide bonds. The standard InChI is InChI=1S/C22H33BrO6/c1-12-9-17-21(11-24)15(5-4-7-22(21,23)19(29-17)27-13(2)25)20(12,3)16-10-14-6-8-26-18(14)28-16/h12,14-19,24H,4-11H2,1-3H3/t12-,14-,15-,16+,17+,18+,19?,20+,21+,22-/m1/s1. The van der Waals surface area contributed by atoms with E-state index in [0.717, 1.165) is 45.1 Å². The molecule has 29 heavy (non-hydrogen) atoms. The number of carbonyl (C=O) groups excluding carboxylic acids is 1. The predicted octanol–water partition coefficient (Wildman–Crippen LogP) is 3.38. The Hall–Kier alpha value is -0.210. The van der Waals surface area contributed by atoms with Crippen LogP contribution in [0.25, 0.3) is 0 Å². The van der Waals surface area contributed by atoms with E-state index in [1.165, 1.54) is 6.92 Å². The summed E-state index contributed by atoms with van der Waals surface area (Å²) in [6.45, 7) is 6.89. The molecule has 164 valence electrons. The first-order chi connectivity index (χ1) is 13.8. The summed E-state index contributed by atoms with van der Waals surface area (Å²) in [5, 5.41) is 10.9. The van der Waals surface area contributed by atoms with Crippen molar-refractivity contribution in [2.24, 2.45) is 28.6 Å². The summed E-state index contributed by atoms with van der Waals surface area (Å²) in [6.07, 6.45) is 5.02. The highest BCUT2D eigenvalue weighted by Gasteiger charge is 2.76. The molecule has 0 radical (unpaired) electrons. The van der Waals surface area contributed by atoms with Gasteiger partial charge in [0.1, 0.15) is 0 Å². The number of fused-ring (bicyclic) bond motifs is 1. The van der Waals surface area contributed by atoms with Crippen LogP contribution in [0.15, 0.2) is 0 Å². The first-order valence-corrected chi connectivity index (χ1v) is 12.0. The van der Waals surface area contributed by atoms with E-state index in [0.29, 0.717) is 11.8 Å². The summed E-state index contributed by atoms with van der Waals surface area (Å²) in [6, 6.07) is 0. The number of halogens is 1. The van der Waals surface area contributed by atoms with Gasteiger partial charge in [0.05, 0.1) is 29.7 Å². The number of rotatable bonds is 3. The average Bonchev–Trinajstić information content (AvgIpc) is 3.32. The largest absolute Gasteiger partial charge is 0.434 e. The molecule has 2 aliphatic carbocycles. The van der Waals surface area contributed by atoms with Crippen molar-refractivity contribution in [3.8, 4) is 0 Å². The van der Waals surface area contributed by atoms with Crippen molar-refractivity contribution in [1.29, 1.82) is 0 Å². The van der Waals surface area contributed by atoms with E-state index >= 15 is 0 Å². The number of ether oxygens (including phenoxy) is 4. The topological polar surface area (TPSA) is 74.2 Å². The van der Waals surface area contributed by atoms with Crippen molar-refractivity contribution >= 4 is 21.9 Å². The Balaban J connectivity index is 1.55. The van der Waals surface area contributed by atoms with Gasteiger partial charge in [-0.05, 0) is 43.9 Å². The van der Waals surface area contributed by atoms with Gasteiger partial charge in [0, 0.05) is 23.7 Å². The minimum atomic E-state index is -0.665. The maximum absolute atomic E-state index is 11.8. The summed E-state index contributed by atoms with van der Waals surface area (Å²) in [5.74, 6) is 0.721. The third kappa shape index (κ3) is 2.57. The second kappa shape index (κ2) is 6.89.